The first-order valence-electron chi connectivity index (χ1n) is 8.66. The molecule has 0 saturated carbocycles. The molecule has 0 spiro atoms. The van der Waals surface area contributed by atoms with Crippen LogP contribution in [0.4, 0.5) is 0 Å². The minimum atomic E-state index is -3.31. The highest BCUT2D eigenvalue weighted by Crippen LogP contribution is 2.31. The van der Waals surface area contributed by atoms with Crippen molar-refractivity contribution in [2.75, 3.05) is 20.0 Å². The van der Waals surface area contributed by atoms with Gasteiger partial charge in [-0.05, 0) is 53.2 Å². The quantitative estimate of drug-likeness (QED) is 0.499. The molecule has 0 saturated heterocycles. The van der Waals surface area contributed by atoms with Crippen LogP contribution in [0.25, 0.3) is 16.9 Å². The standard InChI is InChI=1S/C20H19BrN2O5S/c1-4-28-20(24)17-12-18(13-5-8-15(9-6-13)29(3,25)26)23(22-17)14-7-10-16(21)19(11-14)27-2/h5-12H,4H2,1-3H3. The number of rotatable bonds is 6. The fourth-order valence-corrected chi connectivity index (χ4v) is 3.78. The zero-order valence-electron chi connectivity index (χ0n) is 16.0. The van der Waals surface area contributed by atoms with E-state index in [9.17, 15) is 13.2 Å². The molecule has 0 amide bonds. The monoisotopic (exact) mass is 478 g/mol. The van der Waals surface area contributed by atoms with Gasteiger partial charge in [-0.25, -0.2) is 17.9 Å². The van der Waals surface area contributed by atoms with Crippen molar-refractivity contribution < 1.29 is 22.7 Å². The molecule has 0 fully saturated rings. The number of methoxy groups -OCH3 is 1. The minimum Gasteiger partial charge on any atom is -0.495 e. The van der Waals surface area contributed by atoms with Crippen molar-refractivity contribution in [1.82, 2.24) is 9.78 Å². The number of carbonyl (C=O) groups excluding carboxylic acids is 1. The smallest absolute Gasteiger partial charge is 0.358 e. The summed E-state index contributed by atoms with van der Waals surface area (Å²) in [6, 6.07) is 13.4. The number of benzene rings is 2. The van der Waals surface area contributed by atoms with Crippen molar-refractivity contribution in [3.8, 4) is 22.7 Å². The SMILES string of the molecule is CCOC(=O)c1cc(-c2ccc(S(C)(=O)=O)cc2)n(-c2ccc(Br)c(OC)c2)n1. The van der Waals surface area contributed by atoms with Gasteiger partial charge >= 0.3 is 5.97 Å². The van der Waals surface area contributed by atoms with Crippen LogP contribution in [0.3, 0.4) is 0 Å². The highest BCUT2D eigenvalue weighted by atomic mass is 79.9. The number of aromatic nitrogens is 2. The van der Waals surface area contributed by atoms with E-state index < -0.39 is 15.8 Å². The summed E-state index contributed by atoms with van der Waals surface area (Å²) >= 11 is 3.42. The Morgan fingerprint density at radius 3 is 2.41 bits per heavy atom. The molecule has 3 rings (SSSR count). The maximum Gasteiger partial charge on any atom is 0.358 e. The molecule has 0 bridgehead atoms. The van der Waals surface area contributed by atoms with Gasteiger partial charge in [0.25, 0.3) is 0 Å². The van der Waals surface area contributed by atoms with Crippen LogP contribution in [-0.4, -0.2) is 44.1 Å². The van der Waals surface area contributed by atoms with Crippen LogP contribution in [0.5, 0.6) is 5.75 Å². The Balaban J connectivity index is 2.16. The van der Waals surface area contributed by atoms with E-state index in [0.29, 0.717) is 22.7 Å². The number of nitrogens with zero attached hydrogens (tertiary/aromatic N) is 2. The van der Waals surface area contributed by atoms with Gasteiger partial charge in [-0.1, -0.05) is 12.1 Å². The van der Waals surface area contributed by atoms with Crippen molar-refractivity contribution in [3.05, 3.63) is 58.7 Å². The molecule has 0 aliphatic heterocycles. The van der Waals surface area contributed by atoms with Gasteiger partial charge in [0.1, 0.15) is 5.75 Å². The summed E-state index contributed by atoms with van der Waals surface area (Å²) in [7, 11) is -1.75. The summed E-state index contributed by atoms with van der Waals surface area (Å²) < 4.78 is 36.3. The first-order chi connectivity index (χ1) is 13.7. The van der Waals surface area contributed by atoms with Gasteiger partial charge in [-0.15, -0.1) is 0 Å². The Morgan fingerprint density at radius 2 is 1.83 bits per heavy atom. The van der Waals surface area contributed by atoms with E-state index in [1.165, 1.54) is 12.1 Å². The van der Waals surface area contributed by atoms with Crippen molar-refractivity contribution >= 4 is 31.7 Å². The van der Waals surface area contributed by atoms with Crippen molar-refractivity contribution in [2.24, 2.45) is 0 Å². The number of carbonyl (C=O) groups is 1. The number of esters is 1. The molecule has 29 heavy (non-hydrogen) atoms. The van der Waals surface area contributed by atoms with E-state index in [2.05, 4.69) is 21.0 Å². The Hall–Kier alpha value is -2.65. The van der Waals surface area contributed by atoms with E-state index in [-0.39, 0.29) is 17.2 Å². The number of hydrogen-bond donors (Lipinski definition) is 0. The molecule has 0 unspecified atom stereocenters. The van der Waals surface area contributed by atoms with Crippen molar-refractivity contribution in [3.63, 3.8) is 0 Å². The zero-order valence-corrected chi connectivity index (χ0v) is 18.5. The van der Waals surface area contributed by atoms with E-state index >= 15 is 0 Å². The third-order valence-electron chi connectivity index (χ3n) is 4.15. The Morgan fingerprint density at radius 1 is 1.14 bits per heavy atom. The molecule has 152 valence electrons. The third-order valence-corrected chi connectivity index (χ3v) is 5.94. The zero-order chi connectivity index (χ0) is 21.2. The highest BCUT2D eigenvalue weighted by Gasteiger charge is 2.19. The van der Waals surface area contributed by atoms with E-state index in [1.54, 1.807) is 43.0 Å². The molecule has 1 heterocycles. The molecule has 0 aliphatic rings. The number of halogens is 1. The molecular formula is C20H19BrN2O5S. The molecule has 2 aromatic carbocycles. The van der Waals surface area contributed by atoms with Gasteiger partial charge < -0.3 is 9.47 Å². The van der Waals surface area contributed by atoms with Crippen LogP contribution in [0.2, 0.25) is 0 Å². The second-order valence-corrected chi connectivity index (χ2v) is 9.03. The summed E-state index contributed by atoms with van der Waals surface area (Å²) in [6.45, 7) is 1.95. The van der Waals surface area contributed by atoms with Gasteiger partial charge in [-0.3, -0.25) is 0 Å². The van der Waals surface area contributed by atoms with Crippen LogP contribution >= 0.6 is 15.9 Å². The molecule has 0 N–H and O–H groups in total. The average Bonchev–Trinajstić information content (AvgIpc) is 3.13. The predicted octanol–water partition coefficient (Wildman–Crippen LogP) is 3.89. The van der Waals surface area contributed by atoms with Crippen LogP contribution in [-0.2, 0) is 14.6 Å². The Labute approximate surface area is 177 Å². The Bertz CT molecular complexity index is 1150. The lowest BCUT2D eigenvalue weighted by molar-refractivity contribution is 0.0519. The van der Waals surface area contributed by atoms with Crippen molar-refractivity contribution in [2.45, 2.75) is 11.8 Å². The second kappa shape index (κ2) is 8.38. The lowest BCUT2D eigenvalue weighted by Gasteiger charge is -2.10. The molecule has 0 atom stereocenters. The average molecular weight is 479 g/mol. The normalized spacial score (nSPS) is 11.3. The maximum atomic E-state index is 12.2. The molecule has 1 aromatic heterocycles. The molecule has 9 heteroatoms. The van der Waals surface area contributed by atoms with E-state index in [1.807, 2.05) is 12.1 Å². The van der Waals surface area contributed by atoms with E-state index in [0.717, 1.165) is 10.7 Å². The van der Waals surface area contributed by atoms with Gasteiger partial charge in [-0.2, -0.15) is 5.10 Å². The summed E-state index contributed by atoms with van der Waals surface area (Å²) in [4.78, 5) is 12.4. The molecule has 0 radical (unpaired) electrons. The largest absolute Gasteiger partial charge is 0.495 e. The maximum absolute atomic E-state index is 12.2. The summed E-state index contributed by atoms with van der Waals surface area (Å²) in [5.41, 5.74) is 2.12. The van der Waals surface area contributed by atoms with Crippen LogP contribution in [0.1, 0.15) is 17.4 Å². The van der Waals surface area contributed by atoms with Gasteiger partial charge in [0.2, 0.25) is 0 Å². The number of sulfone groups is 1. The lowest BCUT2D eigenvalue weighted by atomic mass is 10.1. The fraction of sp³-hybridized carbons (Fsp3) is 0.200. The van der Waals surface area contributed by atoms with Crippen molar-refractivity contribution in [1.29, 1.82) is 0 Å². The van der Waals surface area contributed by atoms with Gasteiger partial charge in [0, 0.05) is 17.9 Å². The van der Waals surface area contributed by atoms with Gasteiger partial charge in [0.05, 0.1) is 34.5 Å². The first-order valence-corrected chi connectivity index (χ1v) is 11.3. The fourth-order valence-electron chi connectivity index (χ4n) is 2.74. The predicted molar refractivity (Wildman–Crippen MR) is 112 cm³/mol. The minimum absolute atomic E-state index is 0.149. The number of ether oxygens (including phenoxy) is 2. The van der Waals surface area contributed by atoms with E-state index in [4.69, 9.17) is 9.47 Å². The summed E-state index contributed by atoms with van der Waals surface area (Å²) in [5, 5.41) is 4.40. The molecule has 3 aromatic rings. The lowest BCUT2D eigenvalue weighted by Crippen LogP contribution is -2.07. The number of hydrogen-bond acceptors (Lipinski definition) is 6. The Kier molecular flexibility index (Phi) is 6.09. The summed E-state index contributed by atoms with van der Waals surface area (Å²) in [5.74, 6) is 0.0680. The molecule has 0 aliphatic carbocycles. The first kappa shape index (κ1) is 21.1. The van der Waals surface area contributed by atoms with Gasteiger partial charge in [0.15, 0.2) is 15.5 Å². The molecule has 7 nitrogen and oxygen atoms in total. The molecular weight excluding hydrogens is 460 g/mol. The second-order valence-electron chi connectivity index (χ2n) is 6.16. The summed E-state index contributed by atoms with van der Waals surface area (Å²) in [6.07, 6.45) is 1.15. The topological polar surface area (TPSA) is 87.5 Å². The van der Waals surface area contributed by atoms with Crippen LogP contribution in [0.15, 0.2) is 57.9 Å². The third kappa shape index (κ3) is 4.51. The van der Waals surface area contributed by atoms with Crippen LogP contribution in [0, 0.1) is 0 Å². The highest BCUT2D eigenvalue weighted by molar-refractivity contribution is 9.10. The van der Waals surface area contributed by atoms with Crippen LogP contribution < -0.4 is 4.74 Å².